The average Bonchev–Trinajstić information content (AvgIpc) is 2.76. The summed E-state index contributed by atoms with van der Waals surface area (Å²) in [5.41, 5.74) is 1.10. The lowest BCUT2D eigenvalue weighted by Gasteiger charge is -2.07. The van der Waals surface area contributed by atoms with Crippen LogP contribution < -0.4 is 5.32 Å². The zero-order valence-electron chi connectivity index (χ0n) is 9.74. The van der Waals surface area contributed by atoms with Crippen LogP contribution in [-0.4, -0.2) is 11.0 Å². The Balaban J connectivity index is 2.06. The summed E-state index contributed by atoms with van der Waals surface area (Å²) >= 11 is 4.95. The number of benzene rings is 1. The molecule has 0 fully saturated rings. The number of carbonyl (C=O) groups excluding carboxylic acids is 1. The molecule has 2 rings (SSSR count). The van der Waals surface area contributed by atoms with Gasteiger partial charge in [-0.05, 0) is 41.1 Å². The topological polar surface area (TPSA) is 49.3 Å². The van der Waals surface area contributed by atoms with E-state index in [1.165, 1.54) is 0 Å². The normalized spacial score (nSPS) is 10.3. The molecule has 2 N–H and O–H groups in total. The van der Waals surface area contributed by atoms with Crippen LogP contribution in [0.2, 0.25) is 0 Å². The van der Waals surface area contributed by atoms with Crippen LogP contribution in [0.4, 0.5) is 0 Å². The Morgan fingerprint density at radius 1 is 1.50 bits per heavy atom. The van der Waals surface area contributed by atoms with Gasteiger partial charge < -0.3 is 10.4 Å². The fourth-order valence-corrected chi connectivity index (χ4v) is 2.97. The minimum Gasteiger partial charge on any atom is -0.508 e. The number of carbonyl (C=O) groups is 1. The lowest BCUT2D eigenvalue weighted by atomic mass is 10.1. The summed E-state index contributed by atoms with van der Waals surface area (Å²) in [5, 5.41) is 14.4. The van der Waals surface area contributed by atoms with Crippen molar-refractivity contribution in [2.75, 3.05) is 0 Å². The lowest BCUT2D eigenvalue weighted by molar-refractivity contribution is 0.0950. The molecule has 0 aliphatic heterocycles. The van der Waals surface area contributed by atoms with Gasteiger partial charge >= 0.3 is 0 Å². The van der Waals surface area contributed by atoms with Gasteiger partial charge in [0, 0.05) is 25.9 Å². The third kappa shape index (κ3) is 2.91. The van der Waals surface area contributed by atoms with Gasteiger partial charge in [-0.1, -0.05) is 6.07 Å². The predicted molar refractivity (Wildman–Crippen MR) is 76.0 cm³/mol. The zero-order chi connectivity index (χ0) is 13.1. The first kappa shape index (κ1) is 13.1. The maximum absolute atomic E-state index is 12.0. The molecule has 0 saturated carbocycles. The Bertz CT molecular complexity index is 580. The molecule has 0 atom stereocenters. The molecule has 0 saturated heterocycles. The molecule has 18 heavy (non-hydrogen) atoms. The first-order chi connectivity index (χ1) is 8.58. The Kier molecular flexibility index (Phi) is 4.04. The summed E-state index contributed by atoms with van der Waals surface area (Å²) in [6.45, 7) is 2.22. The molecule has 1 aromatic carbocycles. The Hall–Kier alpha value is -1.33. The van der Waals surface area contributed by atoms with Gasteiger partial charge in [-0.25, -0.2) is 0 Å². The second-order valence-electron chi connectivity index (χ2n) is 3.86. The van der Waals surface area contributed by atoms with E-state index in [0.717, 1.165) is 9.35 Å². The SMILES string of the molecule is Cc1c(O)cccc1C(=O)NCc1cc(Br)cs1. The minimum absolute atomic E-state index is 0.140. The van der Waals surface area contributed by atoms with Gasteiger partial charge in [0.2, 0.25) is 0 Å². The lowest BCUT2D eigenvalue weighted by Crippen LogP contribution is -2.23. The smallest absolute Gasteiger partial charge is 0.251 e. The van der Waals surface area contributed by atoms with Crippen LogP contribution in [-0.2, 0) is 6.54 Å². The van der Waals surface area contributed by atoms with E-state index < -0.39 is 0 Å². The summed E-state index contributed by atoms with van der Waals surface area (Å²) in [6.07, 6.45) is 0. The maximum Gasteiger partial charge on any atom is 0.251 e. The first-order valence-corrected chi connectivity index (χ1v) is 7.05. The van der Waals surface area contributed by atoms with Crippen molar-refractivity contribution in [3.05, 3.63) is 50.1 Å². The number of amides is 1. The van der Waals surface area contributed by atoms with Crippen LogP contribution in [0.5, 0.6) is 5.75 Å². The fourth-order valence-electron chi connectivity index (χ4n) is 1.58. The summed E-state index contributed by atoms with van der Waals surface area (Å²) in [7, 11) is 0. The molecule has 2 aromatic rings. The number of nitrogens with one attached hydrogen (secondary N) is 1. The molecule has 1 aromatic heterocycles. The van der Waals surface area contributed by atoms with E-state index in [9.17, 15) is 9.90 Å². The molecule has 0 aliphatic carbocycles. The van der Waals surface area contributed by atoms with Crippen LogP contribution in [0, 0.1) is 6.92 Å². The molecule has 94 valence electrons. The third-order valence-electron chi connectivity index (χ3n) is 2.59. The molecule has 3 nitrogen and oxygen atoms in total. The monoisotopic (exact) mass is 325 g/mol. The van der Waals surface area contributed by atoms with Crippen molar-refractivity contribution in [3.63, 3.8) is 0 Å². The number of halogens is 1. The minimum atomic E-state index is -0.173. The number of rotatable bonds is 3. The van der Waals surface area contributed by atoms with Crippen molar-refractivity contribution >= 4 is 33.2 Å². The summed E-state index contributed by atoms with van der Waals surface area (Å²) < 4.78 is 1.02. The summed E-state index contributed by atoms with van der Waals surface area (Å²) in [5.74, 6) is -0.0329. The zero-order valence-corrected chi connectivity index (χ0v) is 12.1. The van der Waals surface area contributed by atoms with Crippen molar-refractivity contribution in [2.45, 2.75) is 13.5 Å². The van der Waals surface area contributed by atoms with Crippen LogP contribution >= 0.6 is 27.3 Å². The summed E-state index contributed by atoms with van der Waals surface area (Å²) in [6, 6.07) is 6.91. The highest BCUT2D eigenvalue weighted by molar-refractivity contribution is 9.10. The van der Waals surface area contributed by atoms with Gasteiger partial charge in [-0.3, -0.25) is 4.79 Å². The van der Waals surface area contributed by atoms with Crippen LogP contribution in [0.1, 0.15) is 20.8 Å². The van der Waals surface area contributed by atoms with E-state index in [1.807, 2.05) is 11.4 Å². The van der Waals surface area contributed by atoms with E-state index in [-0.39, 0.29) is 11.7 Å². The number of phenols is 1. The number of phenolic OH excluding ortho intramolecular Hbond substituents is 1. The predicted octanol–water partition coefficient (Wildman–Crippen LogP) is 3.45. The van der Waals surface area contributed by atoms with Crippen molar-refractivity contribution in [2.24, 2.45) is 0 Å². The van der Waals surface area contributed by atoms with E-state index >= 15 is 0 Å². The highest BCUT2D eigenvalue weighted by atomic mass is 79.9. The molecule has 0 bridgehead atoms. The van der Waals surface area contributed by atoms with Gasteiger partial charge in [0.25, 0.3) is 5.91 Å². The number of aromatic hydroxyl groups is 1. The van der Waals surface area contributed by atoms with Crippen LogP contribution in [0.15, 0.2) is 34.1 Å². The molecule has 0 spiro atoms. The molecule has 1 heterocycles. The molecular formula is C13H12BrNO2S. The average molecular weight is 326 g/mol. The van der Waals surface area contributed by atoms with Crippen molar-refractivity contribution in [1.29, 1.82) is 0 Å². The van der Waals surface area contributed by atoms with Gasteiger partial charge in [0.05, 0.1) is 6.54 Å². The van der Waals surface area contributed by atoms with Gasteiger partial charge in [0.1, 0.15) is 5.75 Å². The van der Waals surface area contributed by atoms with Crippen molar-refractivity contribution in [3.8, 4) is 5.75 Å². The molecular weight excluding hydrogens is 314 g/mol. The van der Waals surface area contributed by atoms with Crippen LogP contribution in [0.25, 0.3) is 0 Å². The van der Waals surface area contributed by atoms with Crippen molar-refractivity contribution < 1.29 is 9.90 Å². The number of hydrogen-bond donors (Lipinski definition) is 2. The highest BCUT2D eigenvalue weighted by Gasteiger charge is 2.11. The highest BCUT2D eigenvalue weighted by Crippen LogP contribution is 2.21. The second kappa shape index (κ2) is 5.54. The standard InChI is InChI=1S/C13H12BrNO2S/c1-8-11(3-2-4-12(8)16)13(17)15-6-10-5-9(14)7-18-10/h2-5,7,16H,6H2,1H3,(H,15,17). The van der Waals surface area contributed by atoms with Crippen molar-refractivity contribution in [1.82, 2.24) is 5.32 Å². The molecule has 5 heteroatoms. The molecule has 1 amide bonds. The Labute approximate surface area is 118 Å². The third-order valence-corrected chi connectivity index (χ3v) is 4.29. The van der Waals surface area contributed by atoms with Gasteiger partial charge in [-0.2, -0.15) is 0 Å². The van der Waals surface area contributed by atoms with Crippen LogP contribution in [0.3, 0.4) is 0 Å². The Morgan fingerprint density at radius 3 is 2.94 bits per heavy atom. The maximum atomic E-state index is 12.0. The fraction of sp³-hybridized carbons (Fsp3) is 0.154. The Morgan fingerprint density at radius 2 is 2.28 bits per heavy atom. The van der Waals surface area contributed by atoms with Gasteiger partial charge in [-0.15, -0.1) is 11.3 Å². The first-order valence-electron chi connectivity index (χ1n) is 5.37. The molecule has 0 radical (unpaired) electrons. The largest absolute Gasteiger partial charge is 0.508 e. The number of thiophene rings is 1. The van der Waals surface area contributed by atoms with E-state index in [0.29, 0.717) is 17.7 Å². The number of hydrogen-bond acceptors (Lipinski definition) is 3. The molecule has 0 unspecified atom stereocenters. The van der Waals surface area contributed by atoms with E-state index in [2.05, 4.69) is 21.2 Å². The molecule has 0 aliphatic rings. The van der Waals surface area contributed by atoms with E-state index in [4.69, 9.17) is 0 Å². The summed E-state index contributed by atoms with van der Waals surface area (Å²) in [4.78, 5) is 13.0. The quantitative estimate of drug-likeness (QED) is 0.908. The van der Waals surface area contributed by atoms with E-state index in [1.54, 1.807) is 36.5 Å². The van der Waals surface area contributed by atoms with Gasteiger partial charge in [0.15, 0.2) is 0 Å². The second-order valence-corrected chi connectivity index (χ2v) is 5.78.